The predicted molar refractivity (Wildman–Crippen MR) is 82.7 cm³/mol. The Kier molecular flexibility index (Phi) is 6.17. The summed E-state index contributed by atoms with van der Waals surface area (Å²) in [5, 5.41) is 2.92. The molecule has 21 heavy (non-hydrogen) atoms. The third kappa shape index (κ3) is 4.81. The molecular weight excluding hydrogens is 266 g/mol. The molecular formula is C16H25N3O2. The van der Waals surface area contributed by atoms with Gasteiger partial charge in [0.05, 0.1) is 19.3 Å². The number of nitrogens with zero attached hydrogens (tertiary/aromatic N) is 1. The Labute approximate surface area is 126 Å². The molecule has 0 saturated carbocycles. The van der Waals surface area contributed by atoms with Crippen LogP contribution in [0.25, 0.3) is 0 Å². The lowest BCUT2D eigenvalue weighted by atomic mass is 10.1. The highest BCUT2D eigenvalue weighted by atomic mass is 16.5. The van der Waals surface area contributed by atoms with Crippen molar-refractivity contribution in [1.29, 1.82) is 0 Å². The van der Waals surface area contributed by atoms with Gasteiger partial charge >= 0.3 is 0 Å². The van der Waals surface area contributed by atoms with Gasteiger partial charge < -0.3 is 15.8 Å². The van der Waals surface area contributed by atoms with Crippen LogP contribution in [0.5, 0.6) is 0 Å². The van der Waals surface area contributed by atoms with Crippen molar-refractivity contribution in [1.82, 2.24) is 10.2 Å². The summed E-state index contributed by atoms with van der Waals surface area (Å²) in [4.78, 5) is 14.2. The number of ether oxygens (including phenoxy) is 1. The lowest BCUT2D eigenvalue weighted by molar-refractivity contribution is -0.122. The number of carbonyl (C=O) groups excluding carboxylic acids is 1. The summed E-state index contributed by atoms with van der Waals surface area (Å²) in [7, 11) is 0. The minimum Gasteiger partial charge on any atom is -0.379 e. The summed E-state index contributed by atoms with van der Waals surface area (Å²) in [5.74, 6) is -0.0846. The number of amides is 1. The molecule has 0 unspecified atom stereocenters. The maximum atomic E-state index is 11.8. The van der Waals surface area contributed by atoms with Crippen molar-refractivity contribution < 1.29 is 9.53 Å². The molecule has 1 saturated heterocycles. The van der Waals surface area contributed by atoms with E-state index in [2.05, 4.69) is 22.3 Å². The van der Waals surface area contributed by atoms with Crippen molar-refractivity contribution in [2.24, 2.45) is 5.73 Å². The average Bonchev–Trinajstić information content (AvgIpc) is 2.54. The van der Waals surface area contributed by atoms with Gasteiger partial charge in [-0.05, 0) is 17.5 Å². The van der Waals surface area contributed by atoms with Crippen LogP contribution in [-0.2, 0) is 22.6 Å². The van der Waals surface area contributed by atoms with Crippen molar-refractivity contribution in [2.75, 3.05) is 26.3 Å². The third-order valence-corrected chi connectivity index (χ3v) is 3.85. The van der Waals surface area contributed by atoms with E-state index in [0.29, 0.717) is 13.0 Å². The Morgan fingerprint density at radius 3 is 2.67 bits per heavy atom. The van der Waals surface area contributed by atoms with E-state index in [0.717, 1.165) is 38.4 Å². The minimum atomic E-state index is -0.420. The second kappa shape index (κ2) is 8.12. The molecule has 1 atom stereocenters. The molecule has 1 amide bonds. The fraction of sp³-hybridized carbons (Fsp3) is 0.562. The van der Waals surface area contributed by atoms with Crippen LogP contribution >= 0.6 is 0 Å². The number of carbonyl (C=O) groups is 1. The lowest BCUT2D eigenvalue weighted by Gasteiger charge is -2.27. The Morgan fingerprint density at radius 2 is 2.00 bits per heavy atom. The molecule has 1 fully saturated rings. The van der Waals surface area contributed by atoms with Crippen LogP contribution in [0.3, 0.4) is 0 Å². The van der Waals surface area contributed by atoms with Gasteiger partial charge in [0.1, 0.15) is 0 Å². The number of nitrogens with one attached hydrogen (secondary N) is 1. The summed E-state index contributed by atoms with van der Waals surface area (Å²) in [6, 6.07) is 7.81. The largest absolute Gasteiger partial charge is 0.379 e. The number of benzene rings is 1. The minimum absolute atomic E-state index is 0.0846. The molecule has 1 aliphatic rings. The molecule has 1 heterocycles. The molecule has 1 aromatic carbocycles. The monoisotopic (exact) mass is 291 g/mol. The van der Waals surface area contributed by atoms with Crippen LogP contribution in [0.2, 0.25) is 0 Å². The molecule has 116 valence electrons. The van der Waals surface area contributed by atoms with E-state index in [1.807, 2.05) is 19.1 Å². The normalized spacial score (nSPS) is 17.4. The van der Waals surface area contributed by atoms with Crippen molar-refractivity contribution in [3.8, 4) is 0 Å². The number of hydrogen-bond acceptors (Lipinski definition) is 4. The first kappa shape index (κ1) is 15.9. The van der Waals surface area contributed by atoms with Gasteiger partial charge in [0, 0.05) is 26.2 Å². The van der Waals surface area contributed by atoms with Gasteiger partial charge in [-0.2, -0.15) is 0 Å². The quantitative estimate of drug-likeness (QED) is 0.816. The molecule has 0 aromatic heterocycles. The van der Waals surface area contributed by atoms with Gasteiger partial charge in [-0.15, -0.1) is 0 Å². The van der Waals surface area contributed by atoms with Crippen molar-refractivity contribution in [3.05, 3.63) is 35.4 Å². The highest BCUT2D eigenvalue weighted by molar-refractivity contribution is 5.81. The molecule has 5 heteroatoms. The van der Waals surface area contributed by atoms with E-state index >= 15 is 0 Å². The number of nitrogens with two attached hydrogens (primary N) is 1. The molecule has 1 aromatic rings. The highest BCUT2D eigenvalue weighted by Crippen LogP contribution is 2.13. The van der Waals surface area contributed by atoms with Crippen LogP contribution in [0.1, 0.15) is 24.5 Å². The molecule has 2 rings (SSSR count). The van der Waals surface area contributed by atoms with Crippen LogP contribution in [0.15, 0.2) is 24.3 Å². The first-order valence-electron chi connectivity index (χ1n) is 7.61. The van der Waals surface area contributed by atoms with Gasteiger partial charge in [0.15, 0.2) is 0 Å². The Balaban J connectivity index is 1.94. The molecule has 0 aliphatic carbocycles. The van der Waals surface area contributed by atoms with Crippen molar-refractivity contribution in [2.45, 2.75) is 32.5 Å². The fourth-order valence-electron chi connectivity index (χ4n) is 2.38. The molecule has 0 bridgehead atoms. The van der Waals surface area contributed by atoms with Gasteiger partial charge in [0.2, 0.25) is 5.91 Å². The zero-order valence-electron chi connectivity index (χ0n) is 12.7. The molecule has 0 radical (unpaired) electrons. The van der Waals surface area contributed by atoms with E-state index in [1.165, 1.54) is 5.56 Å². The van der Waals surface area contributed by atoms with Gasteiger partial charge in [0.25, 0.3) is 0 Å². The van der Waals surface area contributed by atoms with E-state index < -0.39 is 6.04 Å². The maximum Gasteiger partial charge on any atom is 0.237 e. The zero-order chi connectivity index (χ0) is 15.1. The maximum absolute atomic E-state index is 11.8. The SMILES string of the molecule is CC[C@@H](N)C(=O)NCc1ccccc1CN1CCOCC1. The van der Waals surface area contributed by atoms with Crippen LogP contribution < -0.4 is 11.1 Å². The molecule has 3 N–H and O–H groups in total. The smallest absolute Gasteiger partial charge is 0.237 e. The Hall–Kier alpha value is -1.43. The topological polar surface area (TPSA) is 67.6 Å². The van der Waals surface area contributed by atoms with Crippen molar-refractivity contribution >= 4 is 5.91 Å². The summed E-state index contributed by atoms with van der Waals surface area (Å²) in [5.41, 5.74) is 8.14. The lowest BCUT2D eigenvalue weighted by Crippen LogP contribution is -2.40. The van der Waals surface area contributed by atoms with E-state index in [4.69, 9.17) is 10.5 Å². The van der Waals surface area contributed by atoms with Crippen LogP contribution in [0.4, 0.5) is 0 Å². The third-order valence-electron chi connectivity index (χ3n) is 3.85. The van der Waals surface area contributed by atoms with Gasteiger partial charge in [-0.1, -0.05) is 31.2 Å². The fourth-order valence-corrected chi connectivity index (χ4v) is 2.38. The summed E-state index contributed by atoms with van der Waals surface area (Å²) < 4.78 is 5.37. The number of morpholine rings is 1. The Bertz CT molecular complexity index is 459. The molecule has 0 spiro atoms. The van der Waals surface area contributed by atoms with E-state index in [1.54, 1.807) is 0 Å². The zero-order valence-corrected chi connectivity index (χ0v) is 12.7. The summed E-state index contributed by atoms with van der Waals surface area (Å²) >= 11 is 0. The average molecular weight is 291 g/mol. The van der Waals surface area contributed by atoms with Crippen molar-refractivity contribution in [3.63, 3.8) is 0 Å². The predicted octanol–water partition coefficient (Wildman–Crippen LogP) is 0.872. The van der Waals surface area contributed by atoms with Crippen LogP contribution in [-0.4, -0.2) is 43.2 Å². The van der Waals surface area contributed by atoms with Gasteiger partial charge in [-0.3, -0.25) is 9.69 Å². The number of hydrogen-bond donors (Lipinski definition) is 2. The number of rotatable bonds is 6. The second-order valence-corrected chi connectivity index (χ2v) is 5.39. The highest BCUT2D eigenvalue weighted by Gasteiger charge is 2.14. The molecule has 5 nitrogen and oxygen atoms in total. The van der Waals surface area contributed by atoms with E-state index in [9.17, 15) is 4.79 Å². The summed E-state index contributed by atoms with van der Waals surface area (Å²) in [6.45, 7) is 6.86. The first-order valence-corrected chi connectivity index (χ1v) is 7.61. The Morgan fingerprint density at radius 1 is 1.33 bits per heavy atom. The van der Waals surface area contributed by atoms with Gasteiger partial charge in [-0.25, -0.2) is 0 Å². The van der Waals surface area contributed by atoms with E-state index in [-0.39, 0.29) is 5.91 Å². The van der Waals surface area contributed by atoms with Crippen LogP contribution in [0, 0.1) is 0 Å². The standard InChI is InChI=1S/C16H25N3O2/c1-2-15(17)16(20)18-11-13-5-3-4-6-14(13)12-19-7-9-21-10-8-19/h3-6,15H,2,7-12,17H2,1H3,(H,18,20)/t15-/m1/s1. The summed E-state index contributed by atoms with van der Waals surface area (Å²) in [6.07, 6.45) is 0.654. The first-order chi connectivity index (χ1) is 10.2. The second-order valence-electron chi connectivity index (χ2n) is 5.39. The molecule has 1 aliphatic heterocycles.